The number of sulfonamides is 1. The molecule has 1 aliphatic heterocycles. The van der Waals surface area contributed by atoms with Crippen molar-refractivity contribution >= 4 is 21.4 Å². The fourth-order valence-corrected chi connectivity index (χ4v) is 4.74. The third kappa shape index (κ3) is 2.24. The molecule has 1 saturated heterocycles. The highest BCUT2D eigenvalue weighted by Gasteiger charge is 2.26. The highest BCUT2D eigenvalue weighted by atomic mass is 32.2. The van der Waals surface area contributed by atoms with Crippen molar-refractivity contribution in [2.75, 3.05) is 13.1 Å². The lowest BCUT2D eigenvalue weighted by atomic mass is 10.2. The minimum atomic E-state index is -3.19. The van der Waals surface area contributed by atoms with E-state index < -0.39 is 10.0 Å². The molecule has 0 amide bonds. The molecule has 1 fully saturated rings. The molecule has 0 atom stereocenters. The van der Waals surface area contributed by atoms with Crippen molar-refractivity contribution in [2.24, 2.45) is 0 Å². The number of rotatable bonds is 2. The van der Waals surface area contributed by atoms with Gasteiger partial charge in [-0.15, -0.1) is 11.3 Å². The molecule has 0 spiro atoms. The SMILES string of the molecule is Cc1ccc(S(=O)(=O)N2CCCCC2)s1. The Balaban J connectivity index is 2.26. The molecule has 0 aromatic carbocycles. The van der Waals surface area contributed by atoms with E-state index in [0.717, 1.165) is 24.1 Å². The molecule has 2 heterocycles. The molecule has 3 nitrogen and oxygen atoms in total. The monoisotopic (exact) mass is 245 g/mol. The molecule has 1 aromatic rings. The van der Waals surface area contributed by atoms with Gasteiger partial charge >= 0.3 is 0 Å². The van der Waals surface area contributed by atoms with E-state index in [4.69, 9.17) is 0 Å². The van der Waals surface area contributed by atoms with Crippen LogP contribution in [0.25, 0.3) is 0 Å². The minimum absolute atomic E-state index is 0.488. The van der Waals surface area contributed by atoms with Crippen molar-refractivity contribution in [2.45, 2.75) is 30.4 Å². The Kier molecular flexibility index (Phi) is 3.13. The number of hydrogen-bond donors (Lipinski definition) is 0. The summed E-state index contributed by atoms with van der Waals surface area (Å²) in [7, 11) is -3.19. The third-order valence-electron chi connectivity index (χ3n) is 2.62. The van der Waals surface area contributed by atoms with Crippen molar-refractivity contribution in [3.8, 4) is 0 Å². The maximum absolute atomic E-state index is 12.1. The molecular weight excluding hydrogens is 230 g/mol. The van der Waals surface area contributed by atoms with Gasteiger partial charge in [-0.3, -0.25) is 0 Å². The van der Waals surface area contributed by atoms with Crippen LogP contribution >= 0.6 is 11.3 Å². The highest BCUT2D eigenvalue weighted by molar-refractivity contribution is 7.91. The summed E-state index contributed by atoms with van der Waals surface area (Å²) in [5.74, 6) is 0. The van der Waals surface area contributed by atoms with E-state index in [1.807, 2.05) is 13.0 Å². The van der Waals surface area contributed by atoms with Gasteiger partial charge in [-0.1, -0.05) is 6.42 Å². The van der Waals surface area contributed by atoms with Gasteiger partial charge in [0.1, 0.15) is 4.21 Å². The molecule has 84 valence electrons. The zero-order chi connectivity index (χ0) is 10.9. The molecule has 1 aromatic heterocycles. The van der Waals surface area contributed by atoms with Crippen molar-refractivity contribution < 1.29 is 8.42 Å². The van der Waals surface area contributed by atoms with Gasteiger partial charge in [0.05, 0.1) is 0 Å². The maximum Gasteiger partial charge on any atom is 0.252 e. The molecule has 1 aliphatic rings. The van der Waals surface area contributed by atoms with Crippen LogP contribution in [0.3, 0.4) is 0 Å². The van der Waals surface area contributed by atoms with Gasteiger partial charge in [0.25, 0.3) is 10.0 Å². The maximum atomic E-state index is 12.1. The molecular formula is C10H15NO2S2. The summed E-state index contributed by atoms with van der Waals surface area (Å²) in [6.45, 7) is 3.29. The average molecular weight is 245 g/mol. The molecule has 2 rings (SSSR count). The molecule has 0 aliphatic carbocycles. The fraction of sp³-hybridized carbons (Fsp3) is 0.600. The van der Waals surface area contributed by atoms with Gasteiger partial charge in [0, 0.05) is 18.0 Å². The van der Waals surface area contributed by atoms with Crippen LogP contribution in [0, 0.1) is 6.92 Å². The van der Waals surface area contributed by atoms with Crippen molar-refractivity contribution in [1.82, 2.24) is 4.31 Å². The van der Waals surface area contributed by atoms with E-state index in [1.54, 1.807) is 10.4 Å². The second-order valence-corrected chi connectivity index (χ2v) is 7.28. The Morgan fingerprint density at radius 3 is 2.40 bits per heavy atom. The Morgan fingerprint density at radius 1 is 1.20 bits per heavy atom. The summed E-state index contributed by atoms with van der Waals surface area (Å²) in [6.07, 6.45) is 3.13. The fourth-order valence-electron chi connectivity index (χ4n) is 1.78. The number of nitrogens with zero attached hydrogens (tertiary/aromatic N) is 1. The molecule has 0 unspecified atom stereocenters. The van der Waals surface area contributed by atoms with Crippen LogP contribution in [-0.4, -0.2) is 25.8 Å². The first-order chi connectivity index (χ1) is 7.10. The topological polar surface area (TPSA) is 37.4 Å². The second kappa shape index (κ2) is 4.23. The van der Waals surface area contributed by atoms with Crippen LogP contribution < -0.4 is 0 Å². The van der Waals surface area contributed by atoms with Gasteiger partial charge in [-0.25, -0.2) is 8.42 Å². The van der Waals surface area contributed by atoms with Gasteiger partial charge in [0.2, 0.25) is 0 Å². The minimum Gasteiger partial charge on any atom is -0.206 e. The first kappa shape index (κ1) is 11.1. The second-order valence-electron chi connectivity index (χ2n) is 3.83. The molecule has 0 saturated carbocycles. The summed E-state index contributed by atoms with van der Waals surface area (Å²) < 4.78 is 26.4. The highest BCUT2D eigenvalue weighted by Crippen LogP contribution is 2.26. The molecule has 15 heavy (non-hydrogen) atoms. The predicted molar refractivity (Wildman–Crippen MR) is 61.7 cm³/mol. The summed E-state index contributed by atoms with van der Waals surface area (Å²) in [4.78, 5) is 1.05. The van der Waals surface area contributed by atoms with Crippen LogP contribution in [0.1, 0.15) is 24.1 Å². The van der Waals surface area contributed by atoms with Gasteiger partial charge < -0.3 is 0 Å². The standard InChI is InChI=1S/C10H15NO2S2/c1-9-5-6-10(14-9)15(12,13)11-7-3-2-4-8-11/h5-6H,2-4,7-8H2,1H3. The summed E-state index contributed by atoms with van der Waals surface area (Å²) in [5.41, 5.74) is 0. The van der Waals surface area contributed by atoms with Crippen LogP contribution in [0.5, 0.6) is 0 Å². The third-order valence-corrected chi connectivity index (χ3v) is 5.99. The Hall–Kier alpha value is -0.390. The van der Waals surface area contributed by atoms with Crippen LogP contribution in [0.4, 0.5) is 0 Å². The summed E-state index contributed by atoms with van der Waals surface area (Å²) >= 11 is 1.36. The van der Waals surface area contributed by atoms with E-state index in [0.29, 0.717) is 17.3 Å². The van der Waals surface area contributed by atoms with Gasteiger partial charge in [-0.2, -0.15) is 4.31 Å². The normalized spacial score (nSPS) is 19.3. The number of hydrogen-bond acceptors (Lipinski definition) is 3. The van der Waals surface area contributed by atoms with Crippen LogP contribution in [-0.2, 0) is 10.0 Å². The molecule has 0 radical (unpaired) electrons. The largest absolute Gasteiger partial charge is 0.252 e. The van der Waals surface area contributed by atoms with E-state index >= 15 is 0 Å². The summed E-state index contributed by atoms with van der Waals surface area (Å²) in [5, 5.41) is 0. The number of aryl methyl sites for hydroxylation is 1. The van der Waals surface area contributed by atoms with E-state index in [9.17, 15) is 8.42 Å². The lowest BCUT2D eigenvalue weighted by Crippen LogP contribution is -2.35. The first-order valence-corrected chi connectivity index (χ1v) is 7.43. The molecule has 0 bridgehead atoms. The lowest BCUT2D eigenvalue weighted by Gasteiger charge is -2.25. The van der Waals surface area contributed by atoms with Crippen molar-refractivity contribution in [3.05, 3.63) is 17.0 Å². The Bertz CT molecular complexity index is 430. The lowest BCUT2D eigenvalue weighted by molar-refractivity contribution is 0.347. The number of piperidine rings is 1. The first-order valence-electron chi connectivity index (χ1n) is 5.17. The quantitative estimate of drug-likeness (QED) is 0.801. The van der Waals surface area contributed by atoms with E-state index in [-0.39, 0.29) is 0 Å². The zero-order valence-electron chi connectivity index (χ0n) is 8.77. The summed E-state index contributed by atoms with van der Waals surface area (Å²) in [6, 6.07) is 3.57. The average Bonchev–Trinajstić information content (AvgIpc) is 2.67. The van der Waals surface area contributed by atoms with Gasteiger partial charge in [0.15, 0.2) is 0 Å². The molecule has 5 heteroatoms. The Labute approximate surface area is 94.8 Å². The van der Waals surface area contributed by atoms with Crippen molar-refractivity contribution in [3.63, 3.8) is 0 Å². The van der Waals surface area contributed by atoms with Crippen LogP contribution in [0.15, 0.2) is 16.3 Å². The number of thiophene rings is 1. The van der Waals surface area contributed by atoms with E-state index in [1.165, 1.54) is 11.3 Å². The Morgan fingerprint density at radius 2 is 1.87 bits per heavy atom. The zero-order valence-corrected chi connectivity index (χ0v) is 10.4. The van der Waals surface area contributed by atoms with Crippen molar-refractivity contribution in [1.29, 1.82) is 0 Å². The van der Waals surface area contributed by atoms with Crippen LogP contribution in [0.2, 0.25) is 0 Å². The van der Waals surface area contributed by atoms with E-state index in [2.05, 4.69) is 0 Å². The smallest absolute Gasteiger partial charge is 0.206 e. The molecule has 0 N–H and O–H groups in total. The predicted octanol–water partition coefficient (Wildman–Crippen LogP) is 2.23. The van der Waals surface area contributed by atoms with Gasteiger partial charge in [-0.05, 0) is 31.9 Å².